The molecule has 0 bridgehead atoms. The Morgan fingerprint density at radius 1 is 1.61 bits per heavy atom. The third kappa shape index (κ3) is 3.22. The fraction of sp³-hybridized carbons (Fsp3) is 0.385. The van der Waals surface area contributed by atoms with Crippen molar-refractivity contribution in [3.05, 3.63) is 23.8 Å². The third-order valence-electron chi connectivity index (χ3n) is 2.55. The number of benzene rings is 1. The van der Waals surface area contributed by atoms with Gasteiger partial charge in [0.25, 0.3) is 0 Å². The van der Waals surface area contributed by atoms with Crippen LogP contribution in [0.4, 0.5) is 5.69 Å². The average Bonchev–Trinajstić information content (AvgIpc) is 2.39. The van der Waals surface area contributed by atoms with Crippen molar-refractivity contribution in [2.24, 2.45) is 5.73 Å². The van der Waals surface area contributed by atoms with Crippen molar-refractivity contribution < 1.29 is 9.53 Å². The molecule has 1 aromatic rings. The second kappa shape index (κ2) is 6.62. The Morgan fingerprint density at radius 3 is 2.89 bits per heavy atom. The molecular formula is C13H17N3O2. The first kappa shape index (κ1) is 14.0. The Bertz CT molecular complexity index is 466. The van der Waals surface area contributed by atoms with E-state index in [1.165, 1.54) is 7.11 Å². The van der Waals surface area contributed by atoms with E-state index in [-0.39, 0.29) is 5.91 Å². The molecule has 0 saturated carbocycles. The number of para-hydroxylation sites is 1. The number of rotatable bonds is 5. The summed E-state index contributed by atoms with van der Waals surface area (Å²) in [5.41, 5.74) is 6.45. The van der Waals surface area contributed by atoms with Gasteiger partial charge in [-0.3, -0.25) is 4.79 Å². The first-order valence-corrected chi connectivity index (χ1v) is 5.77. The number of hydrogen-bond donors (Lipinski definition) is 2. The van der Waals surface area contributed by atoms with Crippen molar-refractivity contribution in [3.8, 4) is 11.8 Å². The Balaban J connectivity index is 2.96. The minimum absolute atomic E-state index is 0.308. The zero-order valence-electron chi connectivity index (χ0n) is 10.6. The molecule has 18 heavy (non-hydrogen) atoms. The van der Waals surface area contributed by atoms with Crippen LogP contribution in [0, 0.1) is 11.3 Å². The van der Waals surface area contributed by atoms with Gasteiger partial charge in [-0.05, 0) is 18.6 Å². The summed E-state index contributed by atoms with van der Waals surface area (Å²) in [4.78, 5) is 11.8. The fourth-order valence-electron chi connectivity index (χ4n) is 1.58. The molecule has 5 nitrogen and oxygen atoms in total. The minimum Gasteiger partial charge on any atom is -0.495 e. The SMILES string of the molecule is CCC[C@H](N)C(=O)Nc1c(C#N)cccc1OC. The Hall–Kier alpha value is -2.06. The number of nitrogens with zero attached hydrogens (tertiary/aromatic N) is 1. The topological polar surface area (TPSA) is 88.1 Å². The van der Waals surface area contributed by atoms with Crippen LogP contribution >= 0.6 is 0 Å². The van der Waals surface area contributed by atoms with Crippen LogP contribution in [0.5, 0.6) is 5.75 Å². The molecule has 0 aromatic heterocycles. The molecule has 0 aliphatic carbocycles. The second-order valence-electron chi connectivity index (χ2n) is 3.88. The summed E-state index contributed by atoms with van der Waals surface area (Å²) in [6, 6.07) is 6.42. The van der Waals surface area contributed by atoms with Crippen LogP contribution in [-0.4, -0.2) is 19.1 Å². The third-order valence-corrected chi connectivity index (χ3v) is 2.55. The van der Waals surface area contributed by atoms with Crippen molar-refractivity contribution >= 4 is 11.6 Å². The number of nitriles is 1. The van der Waals surface area contributed by atoms with E-state index < -0.39 is 6.04 Å². The Kier molecular flexibility index (Phi) is 5.15. The molecule has 0 aliphatic heterocycles. The summed E-state index contributed by atoms with van der Waals surface area (Å²) in [5.74, 6) is 0.143. The smallest absolute Gasteiger partial charge is 0.241 e. The van der Waals surface area contributed by atoms with Crippen LogP contribution in [0.3, 0.4) is 0 Å². The van der Waals surface area contributed by atoms with Gasteiger partial charge in [-0.25, -0.2) is 0 Å². The maximum atomic E-state index is 11.8. The van der Waals surface area contributed by atoms with Gasteiger partial charge in [-0.2, -0.15) is 5.26 Å². The van der Waals surface area contributed by atoms with Gasteiger partial charge in [0.15, 0.2) is 0 Å². The van der Waals surface area contributed by atoms with E-state index in [2.05, 4.69) is 5.32 Å². The van der Waals surface area contributed by atoms with E-state index in [4.69, 9.17) is 15.7 Å². The summed E-state index contributed by atoms with van der Waals surface area (Å²) in [5, 5.41) is 11.7. The fourth-order valence-corrected chi connectivity index (χ4v) is 1.58. The van der Waals surface area contributed by atoms with Crippen molar-refractivity contribution in [3.63, 3.8) is 0 Å². The molecule has 1 atom stereocenters. The summed E-state index contributed by atoms with van der Waals surface area (Å²) in [7, 11) is 1.48. The van der Waals surface area contributed by atoms with Crippen molar-refractivity contribution in [2.75, 3.05) is 12.4 Å². The molecule has 0 fully saturated rings. The normalized spacial score (nSPS) is 11.4. The largest absolute Gasteiger partial charge is 0.495 e. The number of ether oxygens (including phenoxy) is 1. The Labute approximate surface area is 107 Å². The quantitative estimate of drug-likeness (QED) is 0.827. The molecule has 0 unspecified atom stereocenters. The highest BCUT2D eigenvalue weighted by atomic mass is 16.5. The van der Waals surface area contributed by atoms with Crippen molar-refractivity contribution in [1.29, 1.82) is 5.26 Å². The lowest BCUT2D eigenvalue weighted by Crippen LogP contribution is -2.35. The molecular weight excluding hydrogens is 230 g/mol. The lowest BCUT2D eigenvalue weighted by atomic mass is 10.1. The van der Waals surface area contributed by atoms with Gasteiger partial charge < -0.3 is 15.8 Å². The number of anilines is 1. The van der Waals surface area contributed by atoms with Gasteiger partial charge in [0.05, 0.1) is 18.7 Å². The average molecular weight is 247 g/mol. The van der Waals surface area contributed by atoms with Gasteiger partial charge in [0.1, 0.15) is 17.5 Å². The minimum atomic E-state index is -0.577. The van der Waals surface area contributed by atoms with Crippen LogP contribution in [0.1, 0.15) is 25.3 Å². The lowest BCUT2D eigenvalue weighted by molar-refractivity contribution is -0.117. The number of hydrogen-bond acceptors (Lipinski definition) is 4. The van der Waals surface area contributed by atoms with Crippen LogP contribution in [0.25, 0.3) is 0 Å². The molecule has 0 saturated heterocycles. The van der Waals surface area contributed by atoms with Gasteiger partial charge in [0, 0.05) is 0 Å². The van der Waals surface area contributed by atoms with E-state index in [0.29, 0.717) is 23.4 Å². The number of nitrogens with two attached hydrogens (primary N) is 1. The second-order valence-corrected chi connectivity index (χ2v) is 3.88. The van der Waals surface area contributed by atoms with E-state index in [1.807, 2.05) is 13.0 Å². The van der Waals surface area contributed by atoms with Crippen LogP contribution in [0.15, 0.2) is 18.2 Å². The number of carbonyl (C=O) groups is 1. The molecule has 0 radical (unpaired) electrons. The predicted molar refractivity (Wildman–Crippen MR) is 69.2 cm³/mol. The molecule has 1 amide bonds. The number of methoxy groups -OCH3 is 1. The van der Waals surface area contributed by atoms with Gasteiger partial charge in [-0.15, -0.1) is 0 Å². The monoisotopic (exact) mass is 247 g/mol. The molecule has 96 valence electrons. The summed E-state index contributed by atoms with van der Waals surface area (Å²) >= 11 is 0. The highest BCUT2D eigenvalue weighted by Crippen LogP contribution is 2.27. The lowest BCUT2D eigenvalue weighted by Gasteiger charge is -2.14. The summed E-state index contributed by atoms with van der Waals surface area (Å²) < 4.78 is 5.12. The van der Waals surface area contributed by atoms with Crippen molar-refractivity contribution in [2.45, 2.75) is 25.8 Å². The first-order chi connectivity index (χ1) is 8.63. The molecule has 0 heterocycles. The molecule has 1 aromatic carbocycles. The molecule has 0 aliphatic rings. The number of carbonyl (C=O) groups excluding carboxylic acids is 1. The maximum absolute atomic E-state index is 11.8. The molecule has 3 N–H and O–H groups in total. The van der Waals surface area contributed by atoms with Crippen LogP contribution in [0.2, 0.25) is 0 Å². The summed E-state index contributed by atoms with van der Waals surface area (Å²) in [6.45, 7) is 1.96. The van der Waals surface area contributed by atoms with Gasteiger partial charge >= 0.3 is 0 Å². The van der Waals surface area contributed by atoms with Crippen LogP contribution in [-0.2, 0) is 4.79 Å². The van der Waals surface area contributed by atoms with Gasteiger partial charge in [0.2, 0.25) is 5.91 Å². The predicted octanol–water partition coefficient (Wildman–Crippen LogP) is 1.63. The molecule has 1 rings (SSSR count). The Morgan fingerprint density at radius 2 is 2.33 bits per heavy atom. The van der Waals surface area contributed by atoms with Crippen LogP contribution < -0.4 is 15.8 Å². The van der Waals surface area contributed by atoms with Gasteiger partial charge in [-0.1, -0.05) is 19.4 Å². The van der Waals surface area contributed by atoms with E-state index in [9.17, 15) is 4.79 Å². The number of amides is 1. The standard InChI is InChI=1S/C13H17N3O2/c1-3-5-10(15)13(17)16-12-9(8-14)6-4-7-11(12)18-2/h4,6-7,10H,3,5,15H2,1-2H3,(H,16,17)/t10-/m0/s1. The zero-order chi connectivity index (χ0) is 13.5. The summed E-state index contributed by atoms with van der Waals surface area (Å²) in [6.07, 6.45) is 1.43. The highest BCUT2D eigenvalue weighted by molar-refractivity contribution is 5.97. The zero-order valence-corrected chi connectivity index (χ0v) is 10.6. The molecule has 5 heteroatoms. The maximum Gasteiger partial charge on any atom is 0.241 e. The number of nitrogens with one attached hydrogen (secondary N) is 1. The highest BCUT2D eigenvalue weighted by Gasteiger charge is 2.16. The van der Waals surface area contributed by atoms with E-state index in [1.54, 1.807) is 18.2 Å². The van der Waals surface area contributed by atoms with E-state index >= 15 is 0 Å². The van der Waals surface area contributed by atoms with E-state index in [0.717, 1.165) is 6.42 Å². The molecule has 0 spiro atoms. The van der Waals surface area contributed by atoms with Crippen molar-refractivity contribution in [1.82, 2.24) is 0 Å². The first-order valence-electron chi connectivity index (χ1n) is 5.77.